The van der Waals surface area contributed by atoms with Crippen LogP contribution in [0.4, 0.5) is 13.2 Å². The number of nitrogens with zero attached hydrogens (tertiary/aromatic N) is 4. The molecule has 262 valence electrons. The molecule has 0 saturated heterocycles. The van der Waals surface area contributed by atoms with Crippen molar-refractivity contribution in [2.24, 2.45) is 17.8 Å². The molecule has 2 saturated carbocycles. The largest absolute Gasteiger partial charge is 0.490 e. The van der Waals surface area contributed by atoms with Crippen LogP contribution in [0.25, 0.3) is 16.7 Å². The van der Waals surface area contributed by atoms with Crippen molar-refractivity contribution < 1.29 is 42.5 Å². The third-order valence-electron chi connectivity index (χ3n) is 9.25. The maximum absolute atomic E-state index is 13.8. The number of aromatic nitrogens is 3. The van der Waals surface area contributed by atoms with E-state index in [1.54, 1.807) is 30.2 Å². The van der Waals surface area contributed by atoms with Crippen LogP contribution in [0, 0.1) is 17.8 Å². The molecule has 2 amide bonds. The van der Waals surface area contributed by atoms with Gasteiger partial charge in [-0.05, 0) is 56.2 Å². The minimum atomic E-state index is -4.70. The smallest absolute Gasteiger partial charge is 0.435 e. The number of alkyl halides is 3. The number of benzene rings is 1. The molecule has 1 aromatic carbocycles. The molecule has 11 nitrogen and oxygen atoms in total. The number of carbonyl (C=O) groups excluding carboxylic acids is 2. The second-order valence-electron chi connectivity index (χ2n) is 12.5. The number of fused-ring (bicyclic) bond motifs is 1. The van der Waals surface area contributed by atoms with Gasteiger partial charge >= 0.3 is 12.1 Å². The fourth-order valence-electron chi connectivity index (χ4n) is 6.38. The number of hydrogen-bond donors (Lipinski definition) is 3. The van der Waals surface area contributed by atoms with Crippen LogP contribution in [0.2, 0.25) is 5.02 Å². The molecule has 0 spiro atoms. The molecule has 15 heteroatoms. The maximum Gasteiger partial charge on any atom is 0.435 e. The standard InChI is InChI=1S/C34H37ClF3N5O6/c1-4-6-7-8-12-42(3)31(46)24-15-21(14-23(24)30(45)40-33(32(47)48)17-20(33)5-2)49-25-16-27(43-13-11-26(41-43)34(36,37)38)39-29-22(25)10-9-19(18-44)28(29)35/h4-5,9-11,13,16,20-21,23-24,44H,1-2,6-8,12,14-15,17-18H2,3H3,(H,40,45)(H,47,48)/t20-,21-,23?,24-,33-/m1/s1. The molecule has 3 N–H and O–H groups in total. The number of halogens is 4. The van der Waals surface area contributed by atoms with Gasteiger partial charge in [-0.3, -0.25) is 9.59 Å². The molecule has 2 aliphatic rings. The number of amides is 2. The summed E-state index contributed by atoms with van der Waals surface area (Å²) in [5, 5.41) is 26.4. The van der Waals surface area contributed by atoms with Crippen molar-refractivity contribution in [2.75, 3.05) is 13.6 Å². The molecule has 2 heterocycles. The fraction of sp³-hybridized carbons (Fsp3) is 0.441. The lowest BCUT2D eigenvalue weighted by Gasteiger charge is -2.25. The van der Waals surface area contributed by atoms with Gasteiger partial charge in [0.15, 0.2) is 11.5 Å². The second kappa shape index (κ2) is 14.2. The average molecular weight is 704 g/mol. The minimum Gasteiger partial charge on any atom is -0.490 e. The van der Waals surface area contributed by atoms with Gasteiger partial charge in [0.2, 0.25) is 11.8 Å². The Morgan fingerprint density at radius 1 is 1.20 bits per heavy atom. The van der Waals surface area contributed by atoms with Crippen molar-refractivity contribution in [3.63, 3.8) is 0 Å². The average Bonchev–Trinajstić information content (AvgIpc) is 3.36. The normalized spacial score (nSPS) is 23.2. The van der Waals surface area contributed by atoms with Crippen molar-refractivity contribution in [2.45, 2.75) is 63.0 Å². The quantitative estimate of drug-likeness (QED) is 0.151. The van der Waals surface area contributed by atoms with Gasteiger partial charge in [0.1, 0.15) is 17.4 Å². The number of nitrogens with one attached hydrogen (secondary N) is 1. The van der Waals surface area contributed by atoms with Gasteiger partial charge in [-0.15, -0.1) is 13.2 Å². The van der Waals surface area contributed by atoms with Gasteiger partial charge < -0.3 is 25.2 Å². The Morgan fingerprint density at radius 2 is 1.94 bits per heavy atom. The zero-order chi connectivity index (χ0) is 35.7. The van der Waals surface area contributed by atoms with Crippen LogP contribution >= 0.6 is 11.6 Å². The number of carboxylic acids is 1. The summed E-state index contributed by atoms with van der Waals surface area (Å²) in [6, 6.07) is 5.34. The number of aliphatic hydroxyl groups is 1. The highest BCUT2D eigenvalue weighted by molar-refractivity contribution is 6.36. The molecule has 5 atom stereocenters. The van der Waals surface area contributed by atoms with E-state index in [4.69, 9.17) is 16.3 Å². The molecule has 1 unspecified atom stereocenters. The lowest BCUT2D eigenvalue weighted by Crippen LogP contribution is -2.49. The van der Waals surface area contributed by atoms with E-state index in [1.165, 1.54) is 12.1 Å². The lowest BCUT2D eigenvalue weighted by atomic mass is 9.93. The first-order chi connectivity index (χ1) is 23.2. The van der Waals surface area contributed by atoms with Gasteiger partial charge in [0, 0.05) is 37.2 Å². The summed E-state index contributed by atoms with van der Waals surface area (Å²) >= 11 is 6.56. The molecule has 0 bridgehead atoms. The molecule has 2 aromatic heterocycles. The van der Waals surface area contributed by atoms with E-state index in [1.807, 2.05) is 0 Å². The molecule has 0 aliphatic heterocycles. The van der Waals surface area contributed by atoms with Crippen molar-refractivity contribution in [3.05, 3.63) is 72.1 Å². The van der Waals surface area contributed by atoms with Crippen LogP contribution in [-0.2, 0) is 27.2 Å². The summed E-state index contributed by atoms with van der Waals surface area (Å²) in [4.78, 5) is 45.7. The molecular weight excluding hydrogens is 667 g/mol. The molecule has 2 fully saturated rings. The van der Waals surface area contributed by atoms with Gasteiger partial charge in [-0.1, -0.05) is 29.8 Å². The first-order valence-electron chi connectivity index (χ1n) is 15.8. The summed E-state index contributed by atoms with van der Waals surface area (Å²) in [6.07, 6.45) is 1.56. The van der Waals surface area contributed by atoms with E-state index in [-0.39, 0.29) is 47.3 Å². The number of aliphatic carboxylic acids is 1. The zero-order valence-electron chi connectivity index (χ0n) is 26.8. The molecule has 3 aromatic rings. The summed E-state index contributed by atoms with van der Waals surface area (Å²) in [5.41, 5.74) is -2.18. The molecule has 2 aliphatic carbocycles. The van der Waals surface area contributed by atoms with E-state index in [2.05, 4.69) is 28.6 Å². The summed E-state index contributed by atoms with van der Waals surface area (Å²) in [5.74, 6) is -4.23. The molecule has 49 heavy (non-hydrogen) atoms. The minimum absolute atomic E-state index is 0.0442. The highest BCUT2D eigenvalue weighted by Gasteiger charge is 2.61. The maximum atomic E-state index is 13.8. The Hall–Kier alpha value is -4.43. The predicted octanol–water partition coefficient (Wildman–Crippen LogP) is 5.32. The monoisotopic (exact) mass is 703 g/mol. The Labute approximate surface area is 285 Å². The predicted molar refractivity (Wildman–Crippen MR) is 174 cm³/mol. The Kier molecular flexibility index (Phi) is 10.4. The van der Waals surface area contributed by atoms with Crippen molar-refractivity contribution in [3.8, 4) is 11.6 Å². The van der Waals surface area contributed by atoms with Gasteiger partial charge in [0.05, 0.1) is 29.0 Å². The third kappa shape index (κ3) is 7.30. The molecular formula is C34H37ClF3N5O6. The van der Waals surface area contributed by atoms with Crippen LogP contribution in [0.3, 0.4) is 0 Å². The van der Waals surface area contributed by atoms with E-state index in [0.29, 0.717) is 23.9 Å². The lowest BCUT2D eigenvalue weighted by molar-refractivity contribution is -0.145. The first-order valence-corrected chi connectivity index (χ1v) is 16.2. The topological polar surface area (TPSA) is 147 Å². The Morgan fingerprint density at radius 3 is 2.55 bits per heavy atom. The van der Waals surface area contributed by atoms with Crippen molar-refractivity contribution in [1.82, 2.24) is 25.0 Å². The molecule has 5 rings (SSSR count). The SMILES string of the molecule is C=CCCCCN(C)C(=O)[C@@H]1C[C@H](Oc2cc(-n3ccc(C(F)(F)F)n3)nc3c(Cl)c(CO)ccc23)CC1C(=O)N[C@]1(C(=O)O)C[C@H]1C=C. The summed E-state index contributed by atoms with van der Waals surface area (Å²) in [6.45, 7) is 7.39. The van der Waals surface area contributed by atoms with E-state index in [9.17, 15) is 37.8 Å². The number of allylic oxidation sites excluding steroid dienone is 1. The van der Waals surface area contributed by atoms with Gasteiger partial charge in [-0.25, -0.2) is 14.5 Å². The molecule has 0 radical (unpaired) electrons. The Bertz CT molecular complexity index is 1780. The van der Waals surface area contributed by atoms with Crippen LogP contribution in [0.15, 0.2) is 55.8 Å². The summed E-state index contributed by atoms with van der Waals surface area (Å²) < 4.78 is 47.4. The van der Waals surface area contributed by atoms with E-state index >= 15 is 0 Å². The highest BCUT2D eigenvalue weighted by Crippen LogP contribution is 2.46. The fourth-order valence-corrected chi connectivity index (χ4v) is 6.65. The second-order valence-corrected chi connectivity index (χ2v) is 12.9. The van der Waals surface area contributed by atoms with E-state index < -0.39 is 59.8 Å². The summed E-state index contributed by atoms with van der Waals surface area (Å²) in [7, 11) is 1.65. The number of aliphatic hydroxyl groups excluding tert-OH is 1. The van der Waals surface area contributed by atoms with Crippen molar-refractivity contribution in [1.29, 1.82) is 0 Å². The number of rotatable bonds is 14. The van der Waals surface area contributed by atoms with Crippen LogP contribution in [0.5, 0.6) is 5.75 Å². The first kappa shape index (κ1) is 35.9. The third-order valence-corrected chi connectivity index (χ3v) is 9.68. The van der Waals surface area contributed by atoms with Crippen LogP contribution in [-0.4, -0.2) is 72.9 Å². The zero-order valence-corrected chi connectivity index (χ0v) is 27.5. The van der Waals surface area contributed by atoms with Crippen LogP contribution < -0.4 is 10.1 Å². The number of ether oxygens (including phenoxy) is 1. The Balaban J connectivity index is 1.48. The van der Waals surface area contributed by atoms with Crippen molar-refractivity contribution >= 4 is 40.3 Å². The van der Waals surface area contributed by atoms with Gasteiger partial charge in [-0.2, -0.15) is 18.3 Å². The van der Waals surface area contributed by atoms with Crippen LogP contribution in [0.1, 0.15) is 49.8 Å². The number of hydrogen-bond acceptors (Lipinski definition) is 7. The van der Waals surface area contributed by atoms with E-state index in [0.717, 1.165) is 29.8 Å². The number of pyridine rings is 1. The number of carbonyl (C=O) groups is 3. The number of unbranched alkanes of at least 4 members (excludes halogenated alkanes) is 2. The highest BCUT2D eigenvalue weighted by atomic mass is 35.5. The number of carboxylic acid groups (broad SMARTS) is 1. The van der Waals surface area contributed by atoms with Gasteiger partial charge in [0.25, 0.3) is 0 Å².